The predicted octanol–water partition coefficient (Wildman–Crippen LogP) is 1.91. The van der Waals surface area contributed by atoms with Gasteiger partial charge in [0.2, 0.25) is 5.91 Å². The number of H-pyrrole nitrogens is 1. The molecule has 0 saturated heterocycles. The Morgan fingerprint density at radius 1 is 1.52 bits per heavy atom. The van der Waals surface area contributed by atoms with E-state index in [2.05, 4.69) is 15.2 Å². The van der Waals surface area contributed by atoms with Crippen molar-refractivity contribution < 1.29 is 9.53 Å². The number of carbonyl (C=O) groups excluding carboxylic acids is 1. The Hall–Kier alpha value is -1.73. The van der Waals surface area contributed by atoms with Gasteiger partial charge >= 0.3 is 0 Å². The fourth-order valence-corrected chi connectivity index (χ4v) is 2.81. The monoisotopic (exact) mass is 308 g/mol. The fourth-order valence-electron chi connectivity index (χ4n) is 2.03. The number of carbonyl (C=O) groups is 1. The first-order chi connectivity index (χ1) is 10.1. The summed E-state index contributed by atoms with van der Waals surface area (Å²) in [5.74, 6) is 0.116. The molecule has 0 atom stereocenters. The highest BCUT2D eigenvalue weighted by molar-refractivity contribution is 7.09. The van der Waals surface area contributed by atoms with Crippen LogP contribution < -0.4 is 0 Å². The smallest absolute Gasteiger partial charge is 0.223 e. The lowest BCUT2D eigenvalue weighted by atomic mass is 10.2. The summed E-state index contributed by atoms with van der Waals surface area (Å²) in [5.41, 5.74) is 4.59. The maximum Gasteiger partial charge on any atom is 0.223 e. The molecule has 0 aliphatic carbocycles. The standard InChI is InChI=1S/C14H20N4O2S/c1-10-13(21-9-15-10)4-5-14(19)18(2)7-11-6-12(8-20-3)17-16-11/h6,9H,4-5,7-8H2,1-3H3,(H,16,17). The molecule has 2 rings (SSSR count). The summed E-state index contributed by atoms with van der Waals surface area (Å²) in [4.78, 5) is 19.2. The van der Waals surface area contributed by atoms with E-state index in [0.29, 0.717) is 19.6 Å². The average molecular weight is 308 g/mol. The highest BCUT2D eigenvalue weighted by Gasteiger charge is 2.12. The molecule has 6 nitrogen and oxygen atoms in total. The van der Waals surface area contributed by atoms with Crippen molar-refractivity contribution in [2.75, 3.05) is 14.2 Å². The van der Waals surface area contributed by atoms with E-state index in [-0.39, 0.29) is 5.91 Å². The highest BCUT2D eigenvalue weighted by atomic mass is 32.1. The quantitative estimate of drug-likeness (QED) is 0.848. The van der Waals surface area contributed by atoms with Gasteiger partial charge < -0.3 is 9.64 Å². The molecule has 0 fully saturated rings. The molecule has 0 aliphatic heterocycles. The zero-order valence-electron chi connectivity index (χ0n) is 12.5. The number of hydrogen-bond donors (Lipinski definition) is 1. The van der Waals surface area contributed by atoms with Crippen LogP contribution in [0.2, 0.25) is 0 Å². The van der Waals surface area contributed by atoms with Gasteiger partial charge in [-0.15, -0.1) is 11.3 Å². The Morgan fingerprint density at radius 2 is 2.33 bits per heavy atom. The van der Waals surface area contributed by atoms with Crippen LogP contribution in [0.1, 0.15) is 28.4 Å². The van der Waals surface area contributed by atoms with Crippen LogP contribution in [0, 0.1) is 6.92 Å². The number of aromatic nitrogens is 3. The van der Waals surface area contributed by atoms with E-state index in [1.807, 2.05) is 18.5 Å². The van der Waals surface area contributed by atoms with Crippen molar-refractivity contribution in [3.63, 3.8) is 0 Å². The molecule has 0 spiro atoms. The summed E-state index contributed by atoms with van der Waals surface area (Å²) in [6, 6.07) is 1.92. The maximum atomic E-state index is 12.1. The van der Waals surface area contributed by atoms with E-state index >= 15 is 0 Å². The number of ether oxygens (including phenoxy) is 1. The first-order valence-electron chi connectivity index (χ1n) is 6.75. The second-order valence-electron chi connectivity index (χ2n) is 4.93. The van der Waals surface area contributed by atoms with Gasteiger partial charge in [0.05, 0.1) is 35.7 Å². The van der Waals surface area contributed by atoms with E-state index in [0.717, 1.165) is 23.5 Å². The van der Waals surface area contributed by atoms with Gasteiger partial charge in [0.25, 0.3) is 0 Å². The molecule has 2 aromatic heterocycles. The number of thiazole rings is 1. The van der Waals surface area contributed by atoms with Gasteiger partial charge in [-0.3, -0.25) is 9.89 Å². The summed E-state index contributed by atoms with van der Waals surface area (Å²) in [6.45, 7) is 2.97. The SMILES string of the molecule is COCc1cc(CN(C)C(=O)CCc2scnc2C)[nH]n1. The Morgan fingerprint density at radius 3 is 3.00 bits per heavy atom. The number of aryl methyl sites for hydroxylation is 2. The molecule has 0 bridgehead atoms. The van der Waals surface area contributed by atoms with Crippen LogP contribution in [0.15, 0.2) is 11.6 Å². The summed E-state index contributed by atoms with van der Waals surface area (Å²) < 4.78 is 5.02. The average Bonchev–Trinajstić information content (AvgIpc) is 3.06. The summed E-state index contributed by atoms with van der Waals surface area (Å²) in [6.07, 6.45) is 1.25. The van der Waals surface area contributed by atoms with Gasteiger partial charge in [0, 0.05) is 25.5 Å². The molecule has 114 valence electrons. The molecule has 2 aromatic rings. The predicted molar refractivity (Wildman–Crippen MR) is 80.9 cm³/mol. The Labute approximate surface area is 128 Å². The van der Waals surface area contributed by atoms with E-state index in [1.54, 1.807) is 30.4 Å². The van der Waals surface area contributed by atoms with Crippen LogP contribution in [0.4, 0.5) is 0 Å². The number of hydrogen-bond acceptors (Lipinski definition) is 5. The van der Waals surface area contributed by atoms with Crippen molar-refractivity contribution in [2.45, 2.75) is 32.9 Å². The molecular formula is C14H20N4O2S. The van der Waals surface area contributed by atoms with E-state index < -0.39 is 0 Å². The first kappa shape index (κ1) is 15.7. The van der Waals surface area contributed by atoms with Gasteiger partial charge in [-0.1, -0.05) is 0 Å². The molecule has 7 heteroatoms. The van der Waals surface area contributed by atoms with Crippen LogP contribution >= 0.6 is 11.3 Å². The number of nitrogens with zero attached hydrogens (tertiary/aromatic N) is 3. The number of methoxy groups -OCH3 is 1. The summed E-state index contributed by atoms with van der Waals surface area (Å²) >= 11 is 1.60. The van der Waals surface area contributed by atoms with Crippen LogP contribution in [0.25, 0.3) is 0 Å². The van der Waals surface area contributed by atoms with Crippen molar-refractivity contribution in [1.82, 2.24) is 20.1 Å². The molecule has 0 aromatic carbocycles. The van der Waals surface area contributed by atoms with Crippen molar-refractivity contribution in [2.24, 2.45) is 0 Å². The van der Waals surface area contributed by atoms with Gasteiger partial charge in [-0.2, -0.15) is 5.10 Å². The molecule has 0 aliphatic rings. The Bertz CT molecular complexity index is 593. The van der Waals surface area contributed by atoms with Gasteiger partial charge in [-0.25, -0.2) is 4.98 Å². The van der Waals surface area contributed by atoms with Gasteiger partial charge in [-0.05, 0) is 19.4 Å². The second-order valence-corrected chi connectivity index (χ2v) is 5.87. The maximum absolute atomic E-state index is 12.1. The Kier molecular flexibility index (Phi) is 5.46. The van der Waals surface area contributed by atoms with Gasteiger partial charge in [0.1, 0.15) is 0 Å². The third-order valence-corrected chi connectivity index (χ3v) is 4.22. The lowest BCUT2D eigenvalue weighted by Crippen LogP contribution is -2.26. The zero-order chi connectivity index (χ0) is 15.2. The van der Waals surface area contributed by atoms with Crippen LogP contribution in [0.3, 0.4) is 0 Å². The normalized spacial score (nSPS) is 10.8. The fraction of sp³-hybridized carbons (Fsp3) is 0.500. The number of aromatic amines is 1. The molecule has 0 radical (unpaired) electrons. The summed E-state index contributed by atoms with van der Waals surface area (Å²) in [7, 11) is 3.43. The lowest BCUT2D eigenvalue weighted by molar-refractivity contribution is -0.130. The first-order valence-corrected chi connectivity index (χ1v) is 7.63. The van der Waals surface area contributed by atoms with Crippen molar-refractivity contribution in [3.8, 4) is 0 Å². The van der Waals surface area contributed by atoms with Crippen LogP contribution in [0.5, 0.6) is 0 Å². The topological polar surface area (TPSA) is 71.1 Å². The Balaban J connectivity index is 1.83. The zero-order valence-corrected chi connectivity index (χ0v) is 13.4. The molecule has 1 amide bonds. The van der Waals surface area contributed by atoms with Crippen molar-refractivity contribution >= 4 is 17.2 Å². The van der Waals surface area contributed by atoms with Crippen molar-refractivity contribution in [3.05, 3.63) is 33.5 Å². The van der Waals surface area contributed by atoms with Crippen LogP contribution in [-0.4, -0.2) is 40.1 Å². The summed E-state index contributed by atoms with van der Waals surface area (Å²) in [5, 5.41) is 7.05. The number of rotatable bonds is 7. The molecular weight excluding hydrogens is 288 g/mol. The van der Waals surface area contributed by atoms with Crippen LogP contribution in [-0.2, 0) is 29.1 Å². The minimum absolute atomic E-state index is 0.116. The highest BCUT2D eigenvalue weighted by Crippen LogP contribution is 2.15. The minimum atomic E-state index is 0.116. The minimum Gasteiger partial charge on any atom is -0.378 e. The molecule has 0 unspecified atom stereocenters. The molecule has 2 heterocycles. The van der Waals surface area contributed by atoms with Gasteiger partial charge in [0.15, 0.2) is 0 Å². The largest absolute Gasteiger partial charge is 0.378 e. The van der Waals surface area contributed by atoms with E-state index in [9.17, 15) is 4.79 Å². The van der Waals surface area contributed by atoms with E-state index in [1.165, 1.54) is 4.88 Å². The molecule has 21 heavy (non-hydrogen) atoms. The molecule has 0 saturated carbocycles. The van der Waals surface area contributed by atoms with Crippen molar-refractivity contribution in [1.29, 1.82) is 0 Å². The third kappa shape index (κ3) is 4.37. The van der Waals surface area contributed by atoms with E-state index in [4.69, 9.17) is 4.74 Å². The second kappa shape index (κ2) is 7.33. The number of amides is 1. The number of nitrogens with one attached hydrogen (secondary N) is 1. The lowest BCUT2D eigenvalue weighted by Gasteiger charge is -2.15. The molecule has 1 N–H and O–H groups in total. The third-order valence-electron chi connectivity index (χ3n) is 3.22.